The van der Waals surface area contributed by atoms with Crippen LogP contribution in [0.4, 0.5) is 0 Å². The summed E-state index contributed by atoms with van der Waals surface area (Å²) in [6, 6.07) is 8.94. The summed E-state index contributed by atoms with van der Waals surface area (Å²) < 4.78 is 0. The molecule has 0 bridgehead atoms. The molecule has 0 atom stereocenters. The summed E-state index contributed by atoms with van der Waals surface area (Å²) in [6.07, 6.45) is 0. The van der Waals surface area contributed by atoms with Crippen molar-refractivity contribution in [2.24, 2.45) is 0 Å². The van der Waals surface area contributed by atoms with Crippen LogP contribution in [-0.2, 0) is 0 Å². The second-order valence-corrected chi connectivity index (χ2v) is 5.14. The first-order valence-corrected chi connectivity index (χ1v) is 6.65. The number of aromatic amines is 1. The van der Waals surface area contributed by atoms with Gasteiger partial charge in [0.2, 0.25) is 5.16 Å². The number of carboxylic acids is 1. The zero-order valence-electron chi connectivity index (χ0n) is 10.5. The van der Waals surface area contributed by atoms with Crippen molar-refractivity contribution in [2.45, 2.75) is 17.0 Å². The maximum absolute atomic E-state index is 11.1. The molecule has 0 aliphatic carbocycles. The number of hydrogen-bond donors (Lipinski definition) is 2. The summed E-state index contributed by atoms with van der Waals surface area (Å²) in [5, 5.41) is 17.4. The fourth-order valence-corrected chi connectivity index (χ4v) is 2.73. The Labute approximate surface area is 118 Å². The molecule has 2 heterocycles. The summed E-state index contributed by atoms with van der Waals surface area (Å²) in [4.78, 5) is 20.3. The second-order valence-electron chi connectivity index (χ2n) is 4.13. The summed E-state index contributed by atoms with van der Waals surface area (Å²) in [5.74, 6) is -0.340. The van der Waals surface area contributed by atoms with Crippen molar-refractivity contribution in [3.05, 3.63) is 41.9 Å². The Bertz CT molecular complexity index is 800. The molecule has 3 aromatic rings. The molecule has 0 aliphatic rings. The summed E-state index contributed by atoms with van der Waals surface area (Å²) in [7, 11) is 0. The van der Waals surface area contributed by atoms with Crippen LogP contribution in [0.1, 0.15) is 16.3 Å². The van der Waals surface area contributed by atoms with Crippen molar-refractivity contribution in [1.29, 1.82) is 0 Å². The molecule has 0 saturated carbocycles. The van der Waals surface area contributed by atoms with E-state index < -0.39 is 5.97 Å². The van der Waals surface area contributed by atoms with Crippen LogP contribution in [0.5, 0.6) is 0 Å². The van der Waals surface area contributed by atoms with E-state index in [0.717, 1.165) is 10.3 Å². The average Bonchev–Trinajstić information content (AvgIpc) is 2.84. The number of aromatic nitrogens is 4. The smallest absolute Gasteiger partial charge is 0.354 e. The maximum atomic E-state index is 11.1. The molecule has 0 spiro atoms. The van der Waals surface area contributed by atoms with Crippen molar-refractivity contribution in [2.75, 3.05) is 0 Å². The summed E-state index contributed by atoms with van der Waals surface area (Å²) in [5.41, 5.74) is 0.653. The molecular weight excluding hydrogens is 276 g/mol. The molecule has 0 unspecified atom stereocenters. The van der Waals surface area contributed by atoms with Crippen LogP contribution < -0.4 is 0 Å². The first-order chi connectivity index (χ1) is 9.63. The van der Waals surface area contributed by atoms with Gasteiger partial charge in [-0.15, -0.1) is 5.10 Å². The number of hydrogen-bond acceptors (Lipinski definition) is 5. The molecule has 0 radical (unpaired) electrons. The fourth-order valence-electron chi connectivity index (χ4n) is 1.80. The lowest BCUT2D eigenvalue weighted by Gasteiger charge is -2.05. The predicted molar refractivity (Wildman–Crippen MR) is 73.9 cm³/mol. The van der Waals surface area contributed by atoms with Crippen LogP contribution >= 0.6 is 11.8 Å². The van der Waals surface area contributed by atoms with Gasteiger partial charge in [0.05, 0.1) is 5.52 Å². The van der Waals surface area contributed by atoms with Crippen molar-refractivity contribution < 1.29 is 9.90 Å². The Morgan fingerprint density at radius 3 is 2.80 bits per heavy atom. The number of fused-ring (bicyclic) bond motifs is 1. The molecule has 2 aromatic heterocycles. The lowest BCUT2D eigenvalue weighted by atomic mass is 10.2. The number of para-hydroxylation sites is 1. The zero-order chi connectivity index (χ0) is 14.1. The Morgan fingerprint density at radius 1 is 1.30 bits per heavy atom. The van der Waals surface area contributed by atoms with Gasteiger partial charge < -0.3 is 5.11 Å². The SMILES string of the molecule is Cc1nc(Sc2cc(C(=O)O)nc3ccccc23)n[nH]1. The minimum absolute atomic E-state index is 0.0125. The number of nitrogens with one attached hydrogen (secondary N) is 1. The molecule has 100 valence electrons. The number of benzene rings is 1. The van der Waals surface area contributed by atoms with Crippen LogP contribution in [0.25, 0.3) is 10.9 Å². The Kier molecular flexibility index (Phi) is 3.11. The highest BCUT2D eigenvalue weighted by molar-refractivity contribution is 7.99. The minimum Gasteiger partial charge on any atom is -0.477 e. The zero-order valence-corrected chi connectivity index (χ0v) is 11.3. The molecule has 0 aliphatic heterocycles. The quantitative estimate of drug-likeness (QED) is 0.768. The van der Waals surface area contributed by atoms with Gasteiger partial charge in [0.15, 0.2) is 0 Å². The number of carboxylic acid groups (broad SMARTS) is 1. The van der Waals surface area contributed by atoms with Crippen LogP contribution in [0.3, 0.4) is 0 Å². The van der Waals surface area contributed by atoms with Gasteiger partial charge in [-0.25, -0.2) is 14.8 Å². The number of nitrogens with zero attached hydrogens (tertiary/aromatic N) is 3. The van der Waals surface area contributed by atoms with E-state index in [1.165, 1.54) is 11.8 Å². The van der Waals surface area contributed by atoms with E-state index in [4.69, 9.17) is 5.11 Å². The summed E-state index contributed by atoms with van der Waals surface area (Å²) in [6.45, 7) is 1.81. The van der Waals surface area contributed by atoms with E-state index >= 15 is 0 Å². The number of carbonyl (C=O) groups is 1. The van der Waals surface area contributed by atoms with E-state index in [9.17, 15) is 4.79 Å². The number of H-pyrrole nitrogens is 1. The third-order valence-electron chi connectivity index (χ3n) is 2.68. The van der Waals surface area contributed by atoms with E-state index in [2.05, 4.69) is 20.2 Å². The lowest BCUT2D eigenvalue weighted by molar-refractivity contribution is 0.0690. The molecule has 0 fully saturated rings. The van der Waals surface area contributed by atoms with Gasteiger partial charge in [-0.05, 0) is 30.8 Å². The molecule has 7 heteroatoms. The van der Waals surface area contributed by atoms with E-state index in [0.29, 0.717) is 16.5 Å². The van der Waals surface area contributed by atoms with Gasteiger partial charge in [-0.3, -0.25) is 5.10 Å². The number of aryl methyl sites for hydroxylation is 1. The van der Waals surface area contributed by atoms with Crippen LogP contribution in [0.2, 0.25) is 0 Å². The first kappa shape index (κ1) is 12.6. The molecule has 0 saturated heterocycles. The largest absolute Gasteiger partial charge is 0.477 e. The molecule has 2 N–H and O–H groups in total. The maximum Gasteiger partial charge on any atom is 0.354 e. The van der Waals surface area contributed by atoms with Crippen molar-refractivity contribution in [3.63, 3.8) is 0 Å². The molecule has 6 nitrogen and oxygen atoms in total. The number of rotatable bonds is 3. The predicted octanol–water partition coefficient (Wildman–Crippen LogP) is 2.51. The van der Waals surface area contributed by atoms with E-state index in [-0.39, 0.29) is 5.69 Å². The average molecular weight is 286 g/mol. The van der Waals surface area contributed by atoms with Gasteiger partial charge >= 0.3 is 5.97 Å². The highest BCUT2D eigenvalue weighted by Crippen LogP contribution is 2.31. The number of aromatic carboxylic acids is 1. The fraction of sp³-hybridized carbons (Fsp3) is 0.0769. The van der Waals surface area contributed by atoms with Crippen LogP contribution in [0, 0.1) is 6.92 Å². The summed E-state index contributed by atoms with van der Waals surface area (Å²) >= 11 is 1.31. The standard InChI is InChI=1S/C13H10N4O2S/c1-7-14-13(17-16-7)20-11-6-10(12(18)19)15-9-5-3-2-4-8(9)11/h2-6H,1H3,(H,18,19)(H,14,16,17). The van der Waals surface area contributed by atoms with Gasteiger partial charge in [-0.1, -0.05) is 18.2 Å². The number of pyridine rings is 1. The molecule has 3 rings (SSSR count). The topological polar surface area (TPSA) is 91.8 Å². The Hall–Kier alpha value is -2.41. The highest BCUT2D eigenvalue weighted by Gasteiger charge is 2.13. The highest BCUT2D eigenvalue weighted by atomic mass is 32.2. The van der Waals surface area contributed by atoms with Gasteiger partial charge in [0, 0.05) is 10.3 Å². The lowest BCUT2D eigenvalue weighted by Crippen LogP contribution is -2.01. The second kappa shape index (κ2) is 4.93. The molecule has 1 aromatic carbocycles. The molecular formula is C13H10N4O2S. The Morgan fingerprint density at radius 2 is 2.10 bits per heavy atom. The van der Waals surface area contributed by atoms with Crippen molar-refractivity contribution >= 4 is 28.6 Å². The van der Waals surface area contributed by atoms with E-state index in [1.54, 1.807) is 12.1 Å². The normalized spacial score (nSPS) is 10.8. The van der Waals surface area contributed by atoms with Gasteiger partial charge in [-0.2, -0.15) is 0 Å². The molecule has 20 heavy (non-hydrogen) atoms. The monoisotopic (exact) mass is 286 g/mol. The van der Waals surface area contributed by atoms with Crippen molar-refractivity contribution in [1.82, 2.24) is 20.2 Å². The van der Waals surface area contributed by atoms with Crippen LogP contribution in [-0.4, -0.2) is 31.2 Å². The van der Waals surface area contributed by atoms with E-state index in [1.807, 2.05) is 25.1 Å². The Balaban J connectivity index is 2.14. The van der Waals surface area contributed by atoms with Crippen molar-refractivity contribution in [3.8, 4) is 0 Å². The first-order valence-electron chi connectivity index (χ1n) is 5.83. The van der Waals surface area contributed by atoms with Crippen LogP contribution in [0.15, 0.2) is 40.4 Å². The van der Waals surface area contributed by atoms with Gasteiger partial charge in [0.25, 0.3) is 0 Å². The third kappa shape index (κ3) is 2.35. The third-order valence-corrected chi connectivity index (χ3v) is 3.60. The minimum atomic E-state index is -1.05. The molecule has 0 amide bonds. The van der Waals surface area contributed by atoms with Gasteiger partial charge in [0.1, 0.15) is 11.5 Å².